The number of benzene rings is 1. The summed E-state index contributed by atoms with van der Waals surface area (Å²) in [6, 6.07) is 8.42. The van der Waals surface area contributed by atoms with E-state index in [0.717, 1.165) is 0 Å². The van der Waals surface area contributed by atoms with Crippen molar-refractivity contribution >= 4 is 17.6 Å². The van der Waals surface area contributed by atoms with Gasteiger partial charge in [-0.2, -0.15) is 0 Å². The van der Waals surface area contributed by atoms with Gasteiger partial charge in [0.25, 0.3) is 5.91 Å². The van der Waals surface area contributed by atoms with Crippen molar-refractivity contribution in [3.63, 3.8) is 0 Å². The first-order valence-electron chi connectivity index (χ1n) is 6.99. The fourth-order valence-corrected chi connectivity index (χ4v) is 1.99. The van der Waals surface area contributed by atoms with Crippen LogP contribution in [0.2, 0.25) is 0 Å². The molecule has 1 N–H and O–H groups in total. The Labute approximate surface area is 129 Å². The van der Waals surface area contributed by atoms with Crippen LogP contribution in [0.3, 0.4) is 0 Å². The summed E-state index contributed by atoms with van der Waals surface area (Å²) >= 11 is 0. The summed E-state index contributed by atoms with van der Waals surface area (Å²) < 4.78 is 6.65. The maximum Gasteiger partial charge on any atom is 0.337 e. The van der Waals surface area contributed by atoms with Crippen LogP contribution in [-0.4, -0.2) is 23.6 Å². The number of nitrogens with one attached hydrogen (secondary N) is 1. The summed E-state index contributed by atoms with van der Waals surface area (Å²) in [5.74, 6) is -0.653. The minimum Gasteiger partial charge on any atom is -0.465 e. The van der Waals surface area contributed by atoms with Crippen LogP contribution in [0.5, 0.6) is 0 Å². The molecule has 5 heteroatoms. The molecule has 0 saturated carbocycles. The Hall–Kier alpha value is -2.56. The molecule has 0 aliphatic carbocycles. The number of hydrogen-bond donors (Lipinski definition) is 1. The normalized spacial score (nSPS) is 11.1. The van der Waals surface area contributed by atoms with Crippen LogP contribution >= 0.6 is 0 Å². The van der Waals surface area contributed by atoms with Crippen LogP contribution in [-0.2, 0) is 10.3 Å². The number of hydrogen-bond acceptors (Lipinski definition) is 3. The highest BCUT2D eigenvalue weighted by Gasteiger charge is 2.15. The van der Waals surface area contributed by atoms with Crippen molar-refractivity contribution < 1.29 is 14.3 Å². The van der Waals surface area contributed by atoms with Gasteiger partial charge in [-0.1, -0.05) is 6.07 Å². The van der Waals surface area contributed by atoms with Gasteiger partial charge >= 0.3 is 5.97 Å². The Bertz CT molecular complexity index is 696. The Balaban J connectivity index is 2.15. The van der Waals surface area contributed by atoms with Gasteiger partial charge in [-0.15, -0.1) is 0 Å². The first-order valence-corrected chi connectivity index (χ1v) is 6.99. The number of carbonyl (C=O) groups is 2. The van der Waals surface area contributed by atoms with E-state index in [2.05, 4.69) is 30.8 Å². The highest BCUT2D eigenvalue weighted by molar-refractivity contribution is 6.04. The van der Waals surface area contributed by atoms with Crippen LogP contribution in [0.25, 0.3) is 0 Å². The quantitative estimate of drug-likeness (QED) is 0.885. The number of amides is 1. The fourth-order valence-electron chi connectivity index (χ4n) is 1.99. The average molecular weight is 300 g/mol. The number of carbonyl (C=O) groups excluding carboxylic acids is 2. The van der Waals surface area contributed by atoms with Crippen LogP contribution < -0.4 is 5.32 Å². The van der Waals surface area contributed by atoms with Gasteiger partial charge in [-0.25, -0.2) is 4.79 Å². The Morgan fingerprint density at radius 3 is 2.45 bits per heavy atom. The largest absolute Gasteiger partial charge is 0.465 e. The number of nitrogens with zero attached hydrogens (tertiary/aromatic N) is 1. The Kier molecular flexibility index (Phi) is 4.35. The van der Waals surface area contributed by atoms with Gasteiger partial charge in [-0.3, -0.25) is 4.79 Å². The molecule has 0 unspecified atom stereocenters. The molecule has 0 bridgehead atoms. The molecule has 5 nitrogen and oxygen atoms in total. The molecule has 0 spiro atoms. The summed E-state index contributed by atoms with van der Waals surface area (Å²) in [5, 5.41) is 2.78. The third-order valence-electron chi connectivity index (χ3n) is 3.27. The van der Waals surface area contributed by atoms with Gasteiger partial charge < -0.3 is 14.6 Å². The highest BCUT2D eigenvalue weighted by Crippen LogP contribution is 2.17. The van der Waals surface area contributed by atoms with Crippen LogP contribution in [0.15, 0.2) is 42.7 Å². The SMILES string of the molecule is COC(=O)c1cccc(NC(=O)c2ccn(C(C)(C)C)c2)c1. The number of ether oxygens (including phenoxy) is 1. The lowest BCUT2D eigenvalue weighted by Gasteiger charge is -2.20. The zero-order chi connectivity index (χ0) is 16.3. The molecule has 1 aromatic heterocycles. The molecule has 1 amide bonds. The third kappa shape index (κ3) is 3.55. The second-order valence-electron chi connectivity index (χ2n) is 6.00. The van der Waals surface area contributed by atoms with Crippen molar-refractivity contribution in [3.8, 4) is 0 Å². The standard InChI is InChI=1S/C17H20N2O3/c1-17(2,3)19-9-8-13(11-19)15(20)18-14-7-5-6-12(10-14)16(21)22-4/h5-11H,1-4H3,(H,18,20). The number of rotatable bonds is 3. The predicted molar refractivity (Wildman–Crippen MR) is 85.2 cm³/mol. The zero-order valence-electron chi connectivity index (χ0n) is 13.2. The zero-order valence-corrected chi connectivity index (χ0v) is 13.2. The first-order chi connectivity index (χ1) is 10.3. The highest BCUT2D eigenvalue weighted by atomic mass is 16.5. The maximum atomic E-state index is 12.3. The van der Waals surface area contributed by atoms with Gasteiger partial charge in [-0.05, 0) is 45.0 Å². The van der Waals surface area contributed by atoms with Crippen LogP contribution in [0.4, 0.5) is 5.69 Å². The third-order valence-corrected chi connectivity index (χ3v) is 3.27. The molecule has 0 fully saturated rings. The Morgan fingerprint density at radius 1 is 1.14 bits per heavy atom. The van der Waals surface area contributed by atoms with E-state index in [-0.39, 0.29) is 11.4 Å². The van der Waals surface area contributed by atoms with E-state index in [1.165, 1.54) is 7.11 Å². The molecule has 0 saturated heterocycles. The van der Waals surface area contributed by atoms with Crippen molar-refractivity contribution in [2.75, 3.05) is 12.4 Å². The second kappa shape index (κ2) is 6.05. The minimum atomic E-state index is -0.435. The van der Waals surface area contributed by atoms with E-state index < -0.39 is 5.97 Å². The topological polar surface area (TPSA) is 60.3 Å². The van der Waals surface area contributed by atoms with Gasteiger partial charge in [0.2, 0.25) is 0 Å². The molecule has 0 aliphatic rings. The smallest absolute Gasteiger partial charge is 0.337 e. The molecule has 2 aromatic rings. The minimum absolute atomic E-state index is 0.0800. The second-order valence-corrected chi connectivity index (χ2v) is 6.00. The van der Waals surface area contributed by atoms with Gasteiger partial charge in [0, 0.05) is 23.6 Å². The van der Waals surface area contributed by atoms with Crippen LogP contribution in [0, 0.1) is 0 Å². The van der Waals surface area contributed by atoms with Crippen molar-refractivity contribution in [1.29, 1.82) is 0 Å². The molecule has 0 atom stereocenters. The van der Waals surface area contributed by atoms with E-state index in [0.29, 0.717) is 16.8 Å². The number of methoxy groups -OCH3 is 1. The molecular formula is C17H20N2O3. The molecule has 0 radical (unpaired) electrons. The lowest BCUT2D eigenvalue weighted by Crippen LogP contribution is -2.20. The molecule has 1 heterocycles. The van der Waals surface area contributed by atoms with E-state index in [1.807, 2.05) is 10.8 Å². The summed E-state index contributed by atoms with van der Waals surface area (Å²) in [5.41, 5.74) is 1.44. The number of esters is 1. The fraction of sp³-hybridized carbons (Fsp3) is 0.294. The van der Waals surface area contributed by atoms with E-state index in [1.54, 1.807) is 36.5 Å². The molecular weight excluding hydrogens is 280 g/mol. The molecule has 22 heavy (non-hydrogen) atoms. The Morgan fingerprint density at radius 2 is 1.86 bits per heavy atom. The van der Waals surface area contributed by atoms with E-state index >= 15 is 0 Å². The van der Waals surface area contributed by atoms with Gasteiger partial charge in [0.15, 0.2) is 0 Å². The van der Waals surface area contributed by atoms with Crippen molar-refractivity contribution in [2.24, 2.45) is 0 Å². The molecule has 0 aliphatic heterocycles. The summed E-state index contributed by atoms with van der Waals surface area (Å²) in [4.78, 5) is 23.8. The van der Waals surface area contributed by atoms with Crippen molar-refractivity contribution in [3.05, 3.63) is 53.9 Å². The number of aromatic nitrogens is 1. The molecule has 2 rings (SSSR count). The van der Waals surface area contributed by atoms with E-state index in [4.69, 9.17) is 0 Å². The van der Waals surface area contributed by atoms with Gasteiger partial charge in [0.1, 0.15) is 0 Å². The molecule has 1 aromatic carbocycles. The maximum absolute atomic E-state index is 12.3. The summed E-state index contributed by atoms with van der Waals surface area (Å²) in [6.45, 7) is 6.19. The van der Waals surface area contributed by atoms with Crippen LogP contribution in [0.1, 0.15) is 41.5 Å². The lowest BCUT2D eigenvalue weighted by atomic mass is 10.1. The lowest BCUT2D eigenvalue weighted by molar-refractivity contribution is 0.0600. The number of anilines is 1. The molecule has 116 valence electrons. The summed E-state index contributed by atoms with van der Waals surface area (Å²) in [6.07, 6.45) is 3.68. The first kappa shape index (κ1) is 15.8. The van der Waals surface area contributed by atoms with Crippen molar-refractivity contribution in [1.82, 2.24) is 4.57 Å². The van der Waals surface area contributed by atoms with Gasteiger partial charge in [0.05, 0.1) is 18.2 Å². The monoisotopic (exact) mass is 300 g/mol. The summed E-state index contributed by atoms with van der Waals surface area (Å²) in [7, 11) is 1.32. The van der Waals surface area contributed by atoms with Crippen molar-refractivity contribution in [2.45, 2.75) is 26.3 Å². The van der Waals surface area contributed by atoms with E-state index in [9.17, 15) is 9.59 Å². The predicted octanol–water partition coefficient (Wildman–Crippen LogP) is 3.28. The average Bonchev–Trinajstić information content (AvgIpc) is 2.96.